The van der Waals surface area contributed by atoms with E-state index >= 15 is 0 Å². The van der Waals surface area contributed by atoms with Gasteiger partial charge in [0.25, 0.3) is 0 Å². The molecule has 0 aliphatic heterocycles. The van der Waals surface area contributed by atoms with E-state index in [-0.39, 0.29) is 22.9 Å². The Hall–Kier alpha value is -1.05. The van der Waals surface area contributed by atoms with Gasteiger partial charge in [0.05, 0.1) is 5.92 Å². The number of hydrogen-bond donors (Lipinski definition) is 1. The van der Waals surface area contributed by atoms with Crippen LogP contribution in [0, 0.1) is 11.3 Å². The van der Waals surface area contributed by atoms with Crippen LogP contribution in [-0.2, 0) is 4.79 Å². The van der Waals surface area contributed by atoms with Crippen LogP contribution < -0.4 is 0 Å². The summed E-state index contributed by atoms with van der Waals surface area (Å²) in [6.07, 6.45) is 4.67. The van der Waals surface area contributed by atoms with Gasteiger partial charge in [-0.3, -0.25) is 4.79 Å². The second-order valence-electron chi connectivity index (χ2n) is 4.15. The highest BCUT2D eigenvalue weighted by molar-refractivity contribution is 5.95. The van der Waals surface area contributed by atoms with Crippen LogP contribution in [0.25, 0.3) is 0 Å². The van der Waals surface area contributed by atoms with E-state index in [4.69, 9.17) is 0 Å². The highest BCUT2D eigenvalue weighted by atomic mass is 16.3. The molecule has 0 fully saturated rings. The highest BCUT2D eigenvalue weighted by Crippen LogP contribution is 2.33. The fourth-order valence-electron chi connectivity index (χ4n) is 1.45. The van der Waals surface area contributed by atoms with Crippen molar-refractivity contribution in [2.75, 3.05) is 0 Å². The lowest BCUT2D eigenvalue weighted by atomic mass is 9.75. The molecule has 0 aromatic carbocycles. The lowest BCUT2D eigenvalue weighted by Crippen LogP contribution is -2.30. The lowest BCUT2D eigenvalue weighted by molar-refractivity contribution is -0.120. The second kappa shape index (κ2) is 2.77. The smallest absolute Gasteiger partial charge is 0.166 e. The standard InChI is InChI=1S/C10H14O2/c1-10(2,3)9-7(11)5-4-6-8(9)12/h4-6,9,11H,1-3H3. The Morgan fingerprint density at radius 2 is 2.00 bits per heavy atom. The normalized spacial score (nSPS) is 24.1. The van der Waals surface area contributed by atoms with E-state index in [0.717, 1.165) is 0 Å². The van der Waals surface area contributed by atoms with Crippen LogP contribution in [0.2, 0.25) is 0 Å². The Morgan fingerprint density at radius 3 is 2.33 bits per heavy atom. The van der Waals surface area contributed by atoms with Crippen LogP contribution in [0.15, 0.2) is 24.0 Å². The van der Waals surface area contributed by atoms with Gasteiger partial charge >= 0.3 is 0 Å². The molecule has 0 bridgehead atoms. The number of carbonyl (C=O) groups is 1. The van der Waals surface area contributed by atoms with Gasteiger partial charge < -0.3 is 5.11 Å². The zero-order valence-corrected chi connectivity index (χ0v) is 7.66. The summed E-state index contributed by atoms with van der Waals surface area (Å²) < 4.78 is 0. The molecule has 66 valence electrons. The third-order valence-corrected chi connectivity index (χ3v) is 1.97. The first-order valence-corrected chi connectivity index (χ1v) is 4.04. The summed E-state index contributed by atoms with van der Waals surface area (Å²) in [4.78, 5) is 11.4. The van der Waals surface area contributed by atoms with Crippen LogP contribution in [0.1, 0.15) is 20.8 Å². The molecular weight excluding hydrogens is 152 g/mol. The fourth-order valence-corrected chi connectivity index (χ4v) is 1.45. The van der Waals surface area contributed by atoms with E-state index in [1.54, 1.807) is 12.2 Å². The van der Waals surface area contributed by atoms with Crippen molar-refractivity contribution in [3.63, 3.8) is 0 Å². The number of carbonyl (C=O) groups excluding carboxylic acids is 1. The van der Waals surface area contributed by atoms with Crippen molar-refractivity contribution in [2.45, 2.75) is 20.8 Å². The van der Waals surface area contributed by atoms with Crippen LogP contribution in [0.5, 0.6) is 0 Å². The molecular formula is C10H14O2. The van der Waals surface area contributed by atoms with E-state index < -0.39 is 0 Å². The molecule has 0 radical (unpaired) electrons. The maximum atomic E-state index is 11.4. The van der Waals surface area contributed by atoms with E-state index in [1.165, 1.54) is 6.08 Å². The third kappa shape index (κ3) is 1.58. The Bertz CT molecular complexity index is 254. The van der Waals surface area contributed by atoms with Crippen molar-refractivity contribution in [2.24, 2.45) is 11.3 Å². The van der Waals surface area contributed by atoms with Crippen LogP contribution >= 0.6 is 0 Å². The second-order valence-corrected chi connectivity index (χ2v) is 4.15. The van der Waals surface area contributed by atoms with Crippen molar-refractivity contribution in [3.05, 3.63) is 24.0 Å². The van der Waals surface area contributed by atoms with Gasteiger partial charge in [0.2, 0.25) is 0 Å². The summed E-state index contributed by atoms with van der Waals surface area (Å²) in [5, 5.41) is 9.46. The molecule has 1 unspecified atom stereocenters. The first-order valence-electron chi connectivity index (χ1n) is 4.04. The number of aliphatic hydroxyl groups excluding tert-OH is 1. The van der Waals surface area contributed by atoms with Crippen molar-refractivity contribution >= 4 is 5.78 Å². The molecule has 0 saturated carbocycles. The van der Waals surface area contributed by atoms with Crippen molar-refractivity contribution < 1.29 is 9.90 Å². The minimum atomic E-state index is -0.373. The molecule has 1 rings (SSSR count). The molecule has 0 heterocycles. The van der Waals surface area contributed by atoms with Crippen molar-refractivity contribution in [1.82, 2.24) is 0 Å². The molecule has 1 atom stereocenters. The Labute approximate surface area is 72.6 Å². The molecule has 2 nitrogen and oxygen atoms in total. The molecule has 0 spiro atoms. The number of hydrogen-bond acceptors (Lipinski definition) is 2. The summed E-state index contributed by atoms with van der Waals surface area (Å²) in [6, 6.07) is 0. The average molecular weight is 166 g/mol. The monoisotopic (exact) mass is 166 g/mol. The summed E-state index contributed by atoms with van der Waals surface area (Å²) in [7, 11) is 0. The lowest BCUT2D eigenvalue weighted by Gasteiger charge is -2.29. The topological polar surface area (TPSA) is 37.3 Å². The van der Waals surface area contributed by atoms with Gasteiger partial charge in [-0.1, -0.05) is 26.8 Å². The maximum Gasteiger partial charge on any atom is 0.166 e. The van der Waals surface area contributed by atoms with E-state index in [9.17, 15) is 9.90 Å². The molecule has 0 amide bonds. The molecule has 1 N–H and O–H groups in total. The van der Waals surface area contributed by atoms with Crippen LogP contribution in [-0.4, -0.2) is 10.9 Å². The van der Waals surface area contributed by atoms with E-state index in [1.807, 2.05) is 20.8 Å². The zero-order chi connectivity index (χ0) is 9.35. The SMILES string of the molecule is CC(C)(C)C1C(=O)C=CC=C1O. The summed E-state index contributed by atoms with van der Waals surface area (Å²) >= 11 is 0. The van der Waals surface area contributed by atoms with Gasteiger partial charge in [-0.15, -0.1) is 0 Å². The number of ketones is 1. The van der Waals surface area contributed by atoms with Crippen molar-refractivity contribution in [1.29, 1.82) is 0 Å². The molecule has 0 aromatic heterocycles. The average Bonchev–Trinajstić information content (AvgIpc) is 1.82. The van der Waals surface area contributed by atoms with Gasteiger partial charge in [-0.25, -0.2) is 0 Å². The maximum absolute atomic E-state index is 11.4. The van der Waals surface area contributed by atoms with Crippen LogP contribution in [0.4, 0.5) is 0 Å². The minimum Gasteiger partial charge on any atom is -0.512 e. The molecule has 1 aliphatic rings. The first kappa shape index (κ1) is 9.04. The number of rotatable bonds is 0. The highest BCUT2D eigenvalue weighted by Gasteiger charge is 2.34. The first-order chi connectivity index (χ1) is 5.43. The van der Waals surface area contributed by atoms with Gasteiger partial charge in [-0.2, -0.15) is 0 Å². The third-order valence-electron chi connectivity index (χ3n) is 1.97. The fraction of sp³-hybridized carbons (Fsp3) is 0.500. The molecule has 0 saturated heterocycles. The minimum absolute atomic E-state index is 0.0116. The molecule has 0 aromatic rings. The Kier molecular flexibility index (Phi) is 2.09. The largest absolute Gasteiger partial charge is 0.512 e. The zero-order valence-electron chi connectivity index (χ0n) is 7.66. The van der Waals surface area contributed by atoms with E-state index in [0.29, 0.717) is 0 Å². The number of aliphatic hydroxyl groups is 1. The molecule has 2 heteroatoms. The predicted octanol–water partition coefficient (Wildman–Crippen LogP) is 2.23. The van der Waals surface area contributed by atoms with Gasteiger partial charge in [0.15, 0.2) is 5.78 Å². The Balaban J connectivity index is 2.98. The summed E-state index contributed by atoms with van der Waals surface area (Å²) in [6.45, 7) is 5.83. The van der Waals surface area contributed by atoms with Gasteiger partial charge in [0, 0.05) is 0 Å². The number of allylic oxidation sites excluding steroid dienone is 4. The quantitative estimate of drug-likeness (QED) is 0.599. The summed E-state index contributed by atoms with van der Waals surface area (Å²) in [5.74, 6) is -0.208. The van der Waals surface area contributed by atoms with Gasteiger partial charge in [0.1, 0.15) is 5.76 Å². The van der Waals surface area contributed by atoms with Crippen LogP contribution in [0.3, 0.4) is 0 Å². The van der Waals surface area contributed by atoms with Crippen molar-refractivity contribution in [3.8, 4) is 0 Å². The Morgan fingerprint density at radius 1 is 1.42 bits per heavy atom. The van der Waals surface area contributed by atoms with E-state index in [2.05, 4.69) is 0 Å². The van der Waals surface area contributed by atoms with Gasteiger partial charge in [-0.05, 0) is 17.6 Å². The summed E-state index contributed by atoms with van der Waals surface area (Å²) in [5.41, 5.74) is -0.206. The molecule has 12 heavy (non-hydrogen) atoms. The predicted molar refractivity (Wildman–Crippen MR) is 47.8 cm³/mol. The molecule has 1 aliphatic carbocycles.